The molecule has 0 spiro atoms. The summed E-state index contributed by atoms with van der Waals surface area (Å²) in [6.45, 7) is 9.32. The molecule has 1 unspecified atom stereocenters. The summed E-state index contributed by atoms with van der Waals surface area (Å²) in [5.74, 6) is 0.462. The molecule has 4 heteroatoms. The van der Waals surface area contributed by atoms with Gasteiger partial charge in [-0.05, 0) is 37.5 Å². The third kappa shape index (κ3) is 5.17. The molecule has 23 heavy (non-hydrogen) atoms. The first-order chi connectivity index (χ1) is 10.7. The molecule has 0 aliphatic rings. The van der Waals surface area contributed by atoms with E-state index in [0.29, 0.717) is 12.8 Å². The molecule has 0 saturated carbocycles. The highest BCUT2D eigenvalue weighted by Gasteiger charge is 2.35. The van der Waals surface area contributed by atoms with Gasteiger partial charge in [0, 0.05) is 17.9 Å². The number of benzene rings is 1. The first-order valence-electron chi connectivity index (χ1n) is 8.30. The molecule has 0 aliphatic carbocycles. The Hall–Kier alpha value is -1.68. The quantitative estimate of drug-likeness (QED) is 0.733. The number of nitrogens with one attached hydrogen (secondary N) is 1. The number of Topliss-reactive ketones (excluding diaryl/α,β-unsaturated/α-hetero) is 2. The molecule has 2 N–H and O–H groups in total. The van der Waals surface area contributed by atoms with Crippen molar-refractivity contribution in [1.82, 2.24) is 5.32 Å². The number of aromatic hydroxyl groups is 1. The lowest BCUT2D eigenvalue weighted by Crippen LogP contribution is -2.52. The fraction of sp³-hybridized carbons (Fsp3) is 0.579. The zero-order valence-electron chi connectivity index (χ0n) is 14.8. The standard InChI is InChI=1S/C19H29NO3/c1-6-17(23)16(12-14-8-10-15(22)11-9-14)20-18(7-2)19(4,5)13(3)21/h8-11,16,18,20,22H,6-7,12H2,1-5H3/t16-,18?/m0/s1. The van der Waals surface area contributed by atoms with Crippen LogP contribution in [0.3, 0.4) is 0 Å². The lowest BCUT2D eigenvalue weighted by molar-refractivity contribution is -0.128. The molecule has 0 aromatic heterocycles. The molecule has 1 rings (SSSR count). The molecule has 4 nitrogen and oxygen atoms in total. The molecular weight excluding hydrogens is 290 g/mol. The molecule has 0 radical (unpaired) electrons. The summed E-state index contributed by atoms with van der Waals surface area (Å²) in [4.78, 5) is 24.3. The predicted octanol–water partition coefficient (Wildman–Crippen LogP) is 3.27. The first-order valence-corrected chi connectivity index (χ1v) is 8.30. The fourth-order valence-electron chi connectivity index (χ4n) is 2.70. The van der Waals surface area contributed by atoms with E-state index >= 15 is 0 Å². The number of hydrogen-bond acceptors (Lipinski definition) is 4. The molecule has 0 amide bonds. The summed E-state index contributed by atoms with van der Waals surface area (Å²) in [5, 5.41) is 12.8. The van der Waals surface area contributed by atoms with E-state index in [0.717, 1.165) is 12.0 Å². The van der Waals surface area contributed by atoms with Gasteiger partial charge in [0.15, 0.2) is 0 Å². The van der Waals surface area contributed by atoms with Crippen LogP contribution in [0, 0.1) is 5.41 Å². The number of ketones is 2. The Morgan fingerprint density at radius 1 is 1.17 bits per heavy atom. The van der Waals surface area contributed by atoms with E-state index in [4.69, 9.17) is 0 Å². The molecular formula is C19H29NO3. The maximum atomic E-state index is 12.3. The van der Waals surface area contributed by atoms with Gasteiger partial charge in [0.2, 0.25) is 0 Å². The second kappa shape index (κ2) is 8.25. The molecule has 128 valence electrons. The Morgan fingerprint density at radius 3 is 2.17 bits per heavy atom. The summed E-state index contributed by atoms with van der Waals surface area (Å²) in [6, 6.07) is 6.51. The van der Waals surface area contributed by atoms with Crippen molar-refractivity contribution in [2.75, 3.05) is 0 Å². The van der Waals surface area contributed by atoms with Gasteiger partial charge in [0.05, 0.1) is 6.04 Å². The summed E-state index contributed by atoms with van der Waals surface area (Å²) in [6.07, 6.45) is 1.78. The molecule has 0 saturated heterocycles. The number of hydrogen-bond donors (Lipinski definition) is 2. The van der Waals surface area contributed by atoms with Crippen molar-refractivity contribution in [2.45, 2.75) is 66.0 Å². The highest BCUT2D eigenvalue weighted by atomic mass is 16.3. The minimum atomic E-state index is -0.518. The number of carbonyl (C=O) groups is 2. The van der Waals surface area contributed by atoms with Crippen LogP contribution in [-0.4, -0.2) is 28.8 Å². The third-order valence-corrected chi connectivity index (χ3v) is 4.70. The van der Waals surface area contributed by atoms with E-state index in [1.165, 1.54) is 0 Å². The number of phenols is 1. The maximum Gasteiger partial charge on any atom is 0.149 e. The van der Waals surface area contributed by atoms with Crippen LogP contribution in [0.2, 0.25) is 0 Å². The second-order valence-corrected chi connectivity index (χ2v) is 6.65. The van der Waals surface area contributed by atoms with Crippen molar-refractivity contribution in [3.05, 3.63) is 29.8 Å². The molecule has 0 bridgehead atoms. The Bertz CT molecular complexity index is 534. The van der Waals surface area contributed by atoms with Crippen molar-refractivity contribution >= 4 is 11.6 Å². The van der Waals surface area contributed by atoms with E-state index < -0.39 is 5.41 Å². The Morgan fingerprint density at radius 2 is 1.74 bits per heavy atom. The van der Waals surface area contributed by atoms with Crippen molar-refractivity contribution in [3.8, 4) is 5.75 Å². The summed E-state index contributed by atoms with van der Waals surface area (Å²) in [7, 11) is 0. The van der Waals surface area contributed by atoms with E-state index in [-0.39, 0.29) is 29.4 Å². The Labute approximate surface area is 139 Å². The van der Waals surface area contributed by atoms with Crippen LogP contribution < -0.4 is 5.32 Å². The van der Waals surface area contributed by atoms with Crippen LogP contribution in [0.25, 0.3) is 0 Å². The van der Waals surface area contributed by atoms with Crippen LogP contribution in [0.4, 0.5) is 0 Å². The first kappa shape index (κ1) is 19.4. The second-order valence-electron chi connectivity index (χ2n) is 6.65. The lowest BCUT2D eigenvalue weighted by Gasteiger charge is -2.35. The van der Waals surface area contributed by atoms with Gasteiger partial charge in [0.1, 0.15) is 17.3 Å². The van der Waals surface area contributed by atoms with Crippen molar-refractivity contribution in [3.63, 3.8) is 0 Å². The zero-order chi connectivity index (χ0) is 17.6. The monoisotopic (exact) mass is 319 g/mol. The van der Waals surface area contributed by atoms with E-state index in [2.05, 4.69) is 5.32 Å². The van der Waals surface area contributed by atoms with Crippen molar-refractivity contribution < 1.29 is 14.7 Å². The van der Waals surface area contributed by atoms with Gasteiger partial charge in [-0.3, -0.25) is 9.59 Å². The largest absolute Gasteiger partial charge is 0.508 e. The highest BCUT2D eigenvalue weighted by Crippen LogP contribution is 2.25. The molecule has 0 heterocycles. The van der Waals surface area contributed by atoms with Gasteiger partial charge in [-0.2, -0.15) is 0 Å². The average Bonchev–Trinajstić information content (AvgIpc) is 2.52. The SMILES string of the molecule is CCC(=O)[C@H](Cc1ccc(O)cc1)NC(CC)C(C)(C)C(C)=O. The van der Waals surface area contributed by atoms with Gasteiger partial charge < -0.3 is 10.4 Å². The summed E-state index contributed by atoms with van der Waals surface area (Å²) in [5.41, 5.74) is 0.466. The highest BCUT2D eigenvalue weighted by molar-refractivity contribution is 5.85. The van der Waals surface area contributed by atoms with Gasteiger partial charge >= 0.3 is 0 Å². The van der Waals surface area contributed by atoms with Crippen LogP contribution in [0.15, 0.2) is 24.3 Å². The lowest BCUT2D eigenvalue weighted by atomic mass is 9.78. The minimum absolute atomic E-state index is 0.0578. The Kier molecular flexibility index (Phi) is 6.95. The van der Waals surface area contributed by atoms with Crippen molar-refractivity contribution in [2.24, 2.45) is 5.41 Å². The van der Waals surface area contributed by atoms with Crippen molar-refractivity contribution in [1.29, 1.82) is 0 Å². The van der Waals surface area contributed by atoms with Gasteiger partial charge in [0.25, 0.3) is 0 Å². The fourth-order valence-corrected chi connectivity index (χ4v) is 2.70. The third-order valence-electron chi connectivity index (χ3n) is 4.70. The normalized spacial score (nSPS) is 14.3. The Balaban J connectivity index is 2.95. The molecule has 2 atom stereocenters. The number of phenolic OH excluding ortho intramolecular Hbond substituents is 1. The number of rotatable bonds is 9. The minimum Gasteiger partial charge on any atom is -0.508 e. The van der Waals surface area contributed by atoms with E-state index in [1.54, 1.807) is 19.1 Å². The summed E-state index contributed by atoms with van der Waals surface area (Å²) >= 11 is 0. The van der Waals surface area contributed by atoms with Crippen LogP contribution in [0.1, 0.15) is 53.0 Å². The molecule has 1 aromatic carbocycles. The van der Waals surface area contributed by atoms with E-state index in [9.17, 15) is 14.7 Å². The van der Waals surface area contributed by atoms with Gasteiger partial charge in [-0.15, -0.1) is 0 Å². The topological polar surface area (TPSA) is 66.4 Å². The maximum absolute atomic E-state index is 12.3. The zero-order valence-corrected chi connectivity index (χ0v) is 14.8. The van der Waals surface area contributed by atoms with Crippen LogP contribution >= 0.6 is 0 Å². The van der Waals surface area contributed by atoms with Crippen LogP contribution in [0.5, 0.6) is 5.75 Å². The summed E-state index contributed by atoms with van der Waals surface area (Å²) < 4.78 is 0. The molecule has 0 fully saturated rings. The average molecular weight is 319 g/mol. The van der Waals surface area contributed by atoms with Gasteiger partial charge in [-0.1, -0.05) is 39.8 Å². The smallest absolute Gasteiger partial charge is 0.149 e. The van der Waals surface area contributed by atoms with Crippen LogP contribution in [-0.2, 0) is 16.0 Å². The van der Waals surface area contributed by atoms with Gasteiger partial charge in [-0.25, -0.2) is 0 Å². The van der Waals surface area contributed by atoms with E-state index in [1.807, 2.05) is 39.8 Å². The molecule has 0 aliphatic heterocycles. The number of carbonyl (C=O) groups excluding carboxylic acids is 2. The molecule has 1 aromatic rings. The predicted molar refractivity (Wildman–Crippen MR) is 92.6 cm³/mol.